The molecule has 0 saturated carbocycles. The number of carbonyl (C=O) groups excluding carboxylic acids is 4. The second-order valence-electron chi connectivity index (χ2n) is 4.62. The van der Waals surface area contributed by atoms with Crippen molar-refractivity contribution in [3.63, 3.8) is 0 Å². The van der Waals surface area contributed by atoms with Crippen molar-refractivity contribution in [3.05, 3.63) is 35.4 Å². The minimum absolute atomic E-state index is 0.0183. The number of rotatable bonds is 7. The van der Waals surface area contributed by atoms with E-state index in [-0.39, 0.29) is 24.0 Å². The highest BCUT2D eigenvalue weighted by Gasteiger charge is 2.21. The van der Waals surface area contributed by atoms with Gasteiger partial charge >= 0.3 is 11.9 Å². The van der Waals surface area contributed by atoms with Gasteiger partial charge in [-0.25, -0.2) is 4.79 Å². The Labute approximate surface area is 132 Å². The summed E-state index contributed by atoms with van der Waals surface area (Å²) in [7, 11) is 2.45. The molecule has 8 nitrogen and oxygen atoms in total. The number of amides is 2. The van der Waals surface area contributed by atoms with Gasteiger partial charge in [-0.15, -0.1) is 0 Å². The molecule has 1 atom stereocenters. The number of nitrogens with one attached hydrogen (secondary N) is 1. The molecule has 1 aromatic carbocycles. The van der Waals surface area contributed by atoms with Crippen LogP contribution < -0.4 is 11.1 Å². The fourth-order valence-electron chi connectivity index (χ4n) is 1.80. The fourth-order valence-corrected chi connectivity index (χ4v) is 1.80. The van der Waals surface area contributed by atoms with Crippen molar-refractivity contribution in [2.24, 2.45) is 5.73 Å². The fraction of sp³-hybridized carbons (Fsp3) is 0.333. The molecule has 0 aliphatic rings. The van der Waals surface area contributed by atoms with Crippen molar-refractivity contribution in [1.82, 2.24) is 5.32 Å². The molecule has 3 N–H and O–H groups in total. The zero-order valence-electron chi connectivity index (χ0n) is 12.8. The van der Waals surface area contributed by atoms with Gasteiger partial charge in [-0.1, -0.05) is 6.07 Å². The average molecular weight is 322 g/mol. The van der Waals surface area contributed by atoms with E-state index in [2.05, 4.69) is 14.8 Å². The Morgan fingerprint density at radius 1 is 1.13 bits per heavy atom. The summed E-state index contributed by atoms with van der Waals surface area (Å²) < 4.78 is 9.04. The molecule has 0 aliphatic carbocycles. The second kappa shape index (κ2) is 8.52. The number of hydrogen-bond donors (Lipinski definition) is 2. The second-order valence-corrected chi connectivity index (χ2v) is 4.62. The highest BCUT2D eigenvalue weighted by molar-refractivity contribution is 5.99. The van der Waals surface area contributed by atoms with Gasteiger partial charge in [0.2, 0.25) is 5.91 Å². The van der Waals surface area contributed by atoms with Crippen LogP contribution in [0.15, 0.2) is 24.3 Å². The van der Waals surface area contributed by atoms with Gasteiger partial charge in [0.15, 0.2) is 0 Å². The van der Waals surface area contributed by atoms with Crippen LogP contribution in [0, 0.1) is 0 Å². The van der Waals surface area contributed by atoms with Crippen LogP contribution in [0.1, 0.15) is 33.6 Å². The molecule has 23 heavy (non-hydrogen) atoms. The molecule has 0 saturated heterocycles. The number of nitrogens with two attached hydrogens (primary N) is 1. The van der Waals surface area contributed by atoms with Gasteiger partial charge in [0.05, 0.1) is 19.8 Å². The van der Waals surface area contributed by atoms with Gasteiger partial charge in [-0.05, 0) is 24.6 Å². The van der Waals surface area contributed by atoms with Crippen molar-refractivity contribution in [2.75, 3.05) is 14.2 Å². The van der Waals surface area contributed by atoms with Crippen LogP contribution >= 0.6 is 0 Å². The van der Waals surface area contributed by atoms with Gasteiger partial charge < -0.3 is 20.5 Å². The Morgan fingerprint density at radius 2 is 1.78 bits per heavy atom. The van der Waals surface area contributed by atoms with E-state index in [1.807, 2.05) is 0 Å². The lowest BCUT2D eigenvalue weighted by Gasteiger charge is -2.15. The third kappa shape index (κ3) is 5.42. The van der Waals surface area contributed by atoms with E-state index in [1.165, 1.54) is 38.5 Å². The van der Waals surface area contributed by atoms with Crippen molar-refractivity contribution in [3.8, 4) is 0 Å². The maximum Gasteiger partial charge on any atom is 0.337 e. The zero-order chi connectivity index (χ0) is 17.4. The Morgan fingerprint density at radius 3 is 2.35 bits per heavy atom. The van der Waals surface area contributed by atoms with E-state index >= 15 is 0 Å². The monoisotopic (exact) mass is 322 g/mol. The Hall–Kier alpha value is -2.90. The molecule has 124 valence electrons. The molecule has 0 aliphatic heterocycles. The minimum Gasteiger partial charge on any atom is -0.469 e. The molecule has 2 amide bonds. The molecule has 1 aromatic rings. The number of methoxy groups -OCH3 is 2. The normalized spacial score (nSPS) is 11.2. The van der Waals surface area contributed by atoms with Crippen LogP contribution in [0.5, 0.6) is 0 Å². The number of carbonyl (C=O) groups is 4. The predicted molar refractivity (Wildman–Crippen MR) is 79.5 cm³/mol. The number of primary amides is 1. The van der Waals surface area contributed by atoms with Gasteiger partial charge in [-0.3, -0.25) is 14.4 Å². The lowest BCUT2D eigenvalue weighted by Crippen LogP contribution is -2.44. The molecular weight excluding hydrogens is 304 g/mol. The Bertz CT molecular complexity index is 614. The molecule has 0 radical (unpaired) electrons. The van der Waals surface area contributed by atoms with Gasteiger partial charge in [0, 0.05) is 12.0 Å². The summed E-state index contributed by atoms with van der Waals surface area (Å²) in [6, 6.07) is 4.78. The van der Waals surface area contributed by atoms with Gasteiger partial charge in [0.25, 0.3) is 5.91 Å². The molecule has 0 unspecified atom stereocenters. The summed E-state index contributed by atoms with van der Waals surface area (Å²) in [5.41, 5.74) is 5.57. The van der Waals surface area contributed by atoms with Gasteiger partial charge in [-0.2, -0.15) is 0 Å². The van der Waals surface area contributed by atoms with E-state index < -0.39 is 29.8 Å². The smallest absolute Gasteiger partial charge is 0.337 e. The van der Waals surface area contributed by atoms with Crippen molar-refractivity contribution in [2.45, 2.75) is 18.9 Å². The maximum absolute atomic E-state index is 12.1. The highest BCUT2D eigenvalue weighted by Crippen LogP contribution is 2.08. The maximum atomic E-state index is 12.1. The first-order valence-electron chi connectivity index (χ1n) is 6.74. The summed E-state index contributed by atoms with van der Waals surface area (Å²) >= 11 is 0. The Kier molecular flexibility index (Phi) is 6.72. The minimum atomic E-state index is -1.02. The summed E-state index contributed by atoms with van der Waals surface area (Å²) in [6.07, 6.45) is -0.0446. The SMILES string of the molecule is COC(=O)CC[C@H](NC(=O)c1cccc(C(=O)OC)c1)C(N)=O. The standard InChI is InChI=1S/C15H18N2O6/c1-22-12(18)7-6-11(13(16)19)17-14(20)9-4-3-5-10(8-9)15(21)23-2/h3-5,8,11H,6-7H2,1-2H3,(H2,16,19)(H,17,20)/t11-/m0/s1. The van der Waals surface area contributed by atoms with E-state index in [9.17, 15) is 19.2 Å². The molecule has 0 bridgehead atoms. The van der Waals surface area contributed by atoms with E-state index in [4.69, 9.17) is 5.73 Å². The predicted octanol–water partition coefficient (Wildman–Crippen LogP) is 0.0101. The van der Waals surface area contributed by atoms with Crippen LogP contribution in [0.4, 0.5) is 0 Å². The molecule has 1 rings (SSSR count). The van der Waals surface area contributed by atoms with Crippen LogP contribution in [0.25, 0.3) is 0 Å². The summed E-state index contributed by atoms with van der Waals surface area (Å²) in [5.74, 6) is -2.47. The first-order valence-corrected chi connectivity index (χ1v) is 6.74. The number of ether oxygens (including phenoxy) is 2. The summed E-state index contributed by atoms with van der Waals surface area (Å²) in [5, 5.41) is 2.42. The highest BCUT2D eigenvalue weighted by atomic mass is 16.5. The average Bonchev–Trinajstić information content (AvgIpc) is 2.56. The number of hydrogen-bond acceptors (Lipinski definition) is 6. The van der Waals surface area contributed by atoms with Crippen molar-refractivity contribution < 1.29 is 28.7 Å². The molecule has 8 heteroatoms. The first-order chi connectivity index (χ1) is 10.9. The largest absolute Gasteiger partial charge is 0.469 e. The number of esters is 2. The number of benzene rings is 1. The lowest BCUT2D eigenvalue weighted by atomic mass is 10.1. The van der Waals surface area contributed by atoms with Crippen LogP contribution in [0.2, 0.25) is 0 Å². The molecule has 0 heterocycles. The summed E-state index contributed by atoms with van der Waals surface area (Å²) in [4.78, 5) is 46.1. The lowest BCUT2D eigenvalue weighted by molar-refractivity contribution is -0.140. The van der Waals surface area contributed by atoms with Crippen molar-refractivity contribution >= 4 is 23.8 Å². The third-order valence-corrected chi connectivity index (χ3v) is 3.06. The third-order valence-electron chi connectivity index (χ3n) is 3.06. The van der Waals surface area contributed by atoms with E-state index in [0.717, 1.165) is 0 Å². The van der Waals surface area contributed by atoms with Crippen LogP contribution in [-0.4, -0.2) is 44.0 Å². The van der Waals surface area contributed by atoms with Crippen LogP contribution in [0.3, 0.4) is 0 Å². The topological polar surface area (TPSA) is 125 Å². The first kappa shape index (κ1) is 18.1. The van der Waals surface area contributed by atoms with E-state index in [0.29, 0.717) is 0 Å². The van der Waals surface area contributed by atoms with Gasteiger partial charge in [0.1, 0.15) is 6.04 Å². The zero-order valence-corrected chi connectivity index (χ0v) is 12.8. The molecule has 0 aromatic heterocycles. The molecule has 0 fully saturated rings. The molecular formula is C15H18N2O6. The van der Waals surface area contributed by atoms with E-state index in [1.54, 1.807) is 0 Å². The van der Waals surface area contributed by atoms with Crippen molar-refractivity contribution in [1.29, 1.82) is 0 Å². The quantitative estimate of drug-likeness (QED) is 0.681. The molecule has 0 spiro atoms. The Balaban J connectivity index is 2.80. The summed E-state index contributed by atoms with van der Waals surface area (Å²) in [6.45, 7) is 0. The van der Waals surface area contributed by atoms with Crippen LogP contribution in [-0.2, 0) is 19.1 Å².